The molecule has 88 valence electrons. The van der Waals surface area contributed by atoms with E-state index in [1.807, 2.05) is 6.07 Å². The van der Waals surface area contributed by atoms with Crippen LogP contribution in [0.15, 0.2) is 22.7 Å². The van der Waals surface area contributed by atoms with Crippen LogP contribution in [0.1, 0.15) is 12.5 Å². The van der Waals surface area contributed by atoms with Crippen molar-refractivity contribution in [2.45, 2.75) is 19.5 Å². The molecule has 4 heteroatoms. The van der Waals surface area contributed by atoms with E-state index in [1.165, 1.54) is 6.07 Å². The first kappa shape index (κ1) is 12.0. The molecule has 2 rings (SSSR count). The van der Waals surface area contributed by atoms with Gasteiger partial charge in [0.05, 0.1) is 0 Å². The molecule has 0 aromatic heterocycles. The molecule has 0 bridgehead atoms. The molecule has 16 heavy (non-hydrogen) atoms. The van der Waals surface area contributed by atoms with Gasteiger partial charge in [-0.05, 0) is 19.1 Å². The summed E-state index contributed by atoms with van der Waals surface area (Å²) in [5.74, 6) is -0.125. The number of rotatable bonds is 2. The number of hydrogen-bond acceptors (Lipinski definition) is 2. The predicted molar refractivity (Wildman–Crippen MR) is 66.8 cm³/mol. The van der Waals surface area contributed by atoms with Gasteiger partial charge in [0, 0.05) is 42.3 Å². The van der Waals surface area contributed by atoms with E-state index in [0.717, 1.165) is 29.7 Å². The highest BCUT2D eigenvalue weighted by molar-refractivity contribution is 9.10. The van der Waals surface area contributed by atoms with Crippen LogP contribution in [0, 0.1) is 5.82 Å². The summed E-state index contributed by atoms with van der Waals surface area (Å²) >= 11 is 3.41. The molecular weight excluding hydrogens is 271 g/mol. The first-order valence-corrected chi connectivity index (χ1v) is 6.35. The zero-order valence-electron chi connectivity index (χ0n) is 9.34. The summed E-state index contributed by atoms with van der Waals surface area (Å²) in [6.07, 6.45) is 0. The van der Waals surface area contributed by atoms with Gasteiger partial charge in [-0.2, -0.15) is 0 Å². The van der Waals surface area contributed by atoms with E-state index in [0.29, 0.717) is 12.6 Å². The third kappa shape index (κ3) is 2.62. The third-order valence-electron chi connectivity index (χ3n) is 3.06. The van der Waals surface area contributed by atoms with E-state index >= 15 is 0 Å². The first-order chi connectivity index (χ1) is 7.68. The van der Waals surface area contributed by atoms with Crippen molar-refractivity contribution in [3.8, 4) is 0 Å². The predicted octanol–water partition coefficient (Wildman–Crippen LogP) is 2.38. The molecule has 0 radical (unpaired) electrons. The van der Waals surface area contributed by atoms with Crippen LogP contribution in [0.3, 0.4) is 0 Å². The Morgan fingerprint density at radius 2 is 2.38 bits per heavy atom. The molecule has 0 spiro atoms. The lowest BCUT2D eigenvalue weighted by molar-refractivity contribution is 0.163. The Balaban J connectivity index is 2.13. The zero-order chi connectivity index (χ0) is 11.5. The van der Waals surface area contributed by atoms with Crippen LogP contribution in [-0.4, -0.2) is 30.6 Å². The van der Waals surface area contributed by atoms with Crippen molar-refractivity contribution in [1.82, 2.24) is 10.2 Å². The lowest BCUT2D eigenvalue weighted by atomic mass is 10.1. The van der Waals surface area contributed by atoms with Crippen LogP contribution in [0.5, 0.6) is 0 Å². The molecule has 1 N–H and O–H groups in total. The topological polar surface area (TPSA) is 15.3 Å². The molecule has 1 saturated heterocycles. The Labute approximate surface area is 104 Å². The first-order valence-electron chi connectivity index (χ1n) is 5.56. The van der Waals surface area contributed by atoms with Crippen molar-refractivity contribution in [3.63, 3.8) is 0 Å². The molecule has 0 aliphatic carbocycles. The van der Waals surface area contributed by atoms with Crippen LogP contribution in [-0.2, 0) is 6.54 Å². The van der Waals surface area contributed by atoms with Crippen LogP contribution < -0.4 is 5.32 Å². The average Bonchev–Trinajstić information content (AvgIpc) is 2.26. The van der Waals surface area contributed by atoms with E-state index in [2.05, 4.69) is 33.1 Å². The van der Waals surface area contributed by atoms with Crippen molar-refractivity contribution >= 4 is 15.9 Å². The number of hydrogen-bond donors (Lipinski definition) is 1. The number of piperazine rings is 1. The Morgan fingerprint density at radius 1 is 1.56 bits per heavy atom. The lowest BCUT2D eigenvalue weighted by Crippen LogP contribution is -2.49. The van der Waals surface area contributed by atoms with Gasteiger partial charge in [-0.3, -0.25) is 4.90 Å². The van der Waals surface area contributed by atoms with Crippen LogP contribution in [0.2, 0.25) is 0 Å². The van der Waals surface area contributed by atoms with E-state index in [9.17, 15) is 4.39 Å². The largest absolute Gasteiger partial charge is 0.314 e. The summed E-state index contributed by atoms with van der Waals surface area (Å²) in [4.78, 5) is 2.31. The number of benzene rings is 1. The molecule has 2 nitrogen and oxygen atoms in total. The van der Waals surface area contributed by atoms with Gasteiger partial charge >= 0.3 is 0 Å². The van der Waals surface area contributed by atoms with Gasteiger partial charge in [0.15, 0.2) is 0 Å². The number of nitrogens with zero attached hydrogens (tertiary/aromatic N) is 1. The summed E-state index contributed by atoms with van der Waals surface area (Å²) in [5, 5.41) is 3.33. The van der Waals surface area contributed by atoms with Gasteiger partial charge in [-0.15, -0.1) is 0 Å². The smallest absolute Gasteiger partial charge is 0.128 e. The summed E-state index contributed by atoms with van der Waals surface area (Å²) in [6, 6.07) is 5.60. The second-order valence-electron chi connectivity index (χ2n) is 4.22. The minimum atomic E-state index is -0.125. The molecule has 0 saturated carbocycles. The quantitative estimate of drug-likeness (QED) is 0.898. The van der Waals surface area contributed by atoms with Crippen molar-refractivity contribution < 1.29 is 4.39 Å². The molecule has 1 unspecified atom stereocenters. The summed E-state index contributed by atoms with van der Waals surface area (Å²) in [6.45, 7) is 5.78. The molecule has 1 aliphatic rings. The molecule has 1 fully saturated rings. The molecule has 1 aliphatic heterocycles. The van der Waals surface area contributed by atoms with E-state index in [1.54, 1.807) is 6.07 Å². The standard InChI is InChI=1S/C12H16BrFN2/c1-9-7-15-5-6-16(9)8-10-11(13)3-2-4-12(10)14/h2-4,9,15H,5-8H2,1H3. The fourth-order valence-electron chi connectivity index (χ4n) is 2.00. The number of halogens is 2. The van der Waals surface area contributed by atoms with Crippen molar-refractivity contribution in [3.05, 3.63) is 34.1 Å². The van der Waals surface area contributed by atoms with Gasteiger partial charge in [0.25, 0.3) is 0 Å². The highest BCUT2D eigenvalue weighted by atomic mass is 79.9. The van der Waals surface area contributed by atoms with Gasteiger partial charge in [0.1, 0.15) is 5.82 Å². The zero-order valence-corrected chi connectivity index (χ0v) is 10.9. The maximum atomic E-state index is 13.7. The Kier molecular flexibility index (Phi) is 3.95. The fourth-order valence-corrected chi connectivity index (χ4v) is 2.47. The minimum absolute atomic E-state index is 0.125. The Hall–Kier alpha value is -0.450. The highest BCUT2D eigenvalue weighted by Gasteiger charge is 2.20. The van der Waals surface area contributed by atoms with Crippen molar-refractivity contribution in [1.29, 1.82) is 0 Å². The summed E-state index contributed by atoms with van der Waals surface area (Å²) in [7, 11) is 0. The summed E-state index contributed by atoms with van der Waals surface area (Å²) < 4.78 is 14.5. The molecule has 0 amide bonds. The van der Waals surface area contributed by atoms with Gasteiger partial charge in [-0.25, -0.2) is 4.39 Å². The summed E-state index contributed by atoms with van der Waals surface area (Å²) in [5.41, 5.74) is 0.760. The SMILES string of the molecule is CC1CNCCN1Cc1c(F)cccc1Br. The average molecular weight is 287 g/mol. The Bertz CT molecular complexity index is 350. The third-order valence-corrected chi connectivity index (χ3v) is 3.80. The number of nitrogens with one attached hydrogen (secondary N) is 1. The highest BCUT2D eigenvalue weighted by Crippen LogP contribution is 2.22. The normalized spacial score (nSPS) is 22.3. The molecule has 1 atom stereocenters. The lowest BCUT2D eigenvalue weighted by Gasteiger charge is -2.34. The molecule has 1 heterocycles. The molecular formula is C12H16BrFN2. The minimum Gasteiger partial charge on any atom is -0.314 e. The van der Waals surface area contributed by atoms with Crippen LogP contribution >= 0.6 is 15.9 Å². The second kappa shape index (κ2) is 5.25. The maximum absolute atomic E-state index is 13.7. The van der Waals surface area contributed by atoms with E-state index in [-0.39, 0.29) is 5.82 Å². The van der Waals surface area contributed by atoms with Crippen molar-refractivity contribution in [2.24, 2.45) is 0 Å². The van der Waals surface area contributed by atoms with Crippen molar-refractivity contribution in [2.75, 3.05) is 19.6 Å². The fraction of sp³-hybridized carbons (Fsp3) is 0.500. The molecule has 1 aromatic carbocycles. The van der Waals surface area contributed by atoms with Gasteiger partial charge < -0.3 is 5.32 Å². The monoisotopic (exact) mass is 286 g/mol. The van der Waals surface area contributed by atoms with Gasteiger partial charge in [-0.1, -0.05) is 22.0 Å². The Morgan fingerprint density at radius 3 is 3.06 bits per heavy atom. The van der Waals surface area contributed by atoms with Crippen LogP contribution in [0.25, 0.3) is 0 Å². The van der Waals surface area contributed by atoms with Gasteiger partial charge in [0.2, 0.25) is 0 Å². The second-order valence-corrected chi connectivity index (χ2v) is 5.08. The maximum Gasteiger partial charge on any atom is 0.128 e. The molecule has 1 aromatic rings. The van der Waals surface area contributed by atoms with E-state index in [4.69, 9.17) is 0 Å². The van der Waals surface area contributed by atoms with Crippen LogP contribution in [0.4, 0.5) is 4.39 Å². The van der Waals surface area contributed by atoms with E-state index < -0.39 is 0 Å².